The highest BCUT2D eigenvalue weighted by Crippen LogP contribution is 2.44. The zero-order chi connectivity index (χ0) is 20.4. The zero-order valence-corrected chi connectivity index (χ0v) is 17.6. The highest BCUT2D eigenvalue weighted by molar-refractivity contribution is 7.16. The number of amides is 1. The van der Waals surface area contributed by atoms with Gasteiger partial charge in [0.2, 0.25) is 5.91 Å². The van der Waals surface area contributed by atoms with Crippen LogP contribution < -0.4 is 20.1 Å². The second-order valence-electron chi connectivity index (χ2n) is 6.61. The maximum Gasteiger partial charge on any atom is 0.226 e. The first-order valence-corrected chi connectivity index (χ1v) is 10.3. The summed E-state index contributed by atoms with van der Waals surface area (Å²) in [5, 5.41) is 7.36. The van der Waals surface area contributed by atoms with Crippen LogP contribution in [-0.4, -0.2) is 25.0 Å². The standard InChI is InChI=1S/C21H20ClN3O3S/c1-23-21-25-20-19(29-21)15(10-18(26)24-20)13-5-8-16(27-2)17(9-13)28-11-12-3-6-14(22)7-4-12/h3-9,15H,10-11H2,1-2H3,(H,23,25)(H,24,26). The van der Waals surface area contributed by atoms with Gasteiger partial charge in [-0.05, 0) is 35.4 Å². The van der Waals surface area contributed by atoms with Gasteiger partial charge in [0.1, 0.15) is 12.4 Å². The van der Waals surface area contributed by atoms with E-state index < -0.39 is 0 Å². The second kappa shape index (κ2) is 8.31. The van der Waals surface area contributed by atoms with Gasteiger partial charge in [-0.25, -0.2) is 4.98 Å². The van der Waals surface area contributed by atoms with E-state index in [2.05, 4.69) is 15.6 Å². The summed E-state index contributed by atoms with van der Waals surface area (Å²) >= 11 is 7.49. The molecule has 0 saturated heterocycles. The number of nitrogens with zero attached hydrogens (tertiary/aromatic N) is 1. The maximum absolute atomic E-state index is 12.2. The van der Waals surface area contributed by atoms with Crippen LogP contribution in [-0.2, 0) is 11.4 Å². The molecular formula is C21H20ClN3O3S. The molecule has 0 fully saturated rings. The molecule has 1 aliphatic rings. The quantitative estimate of drug-likeness (QED) is 0.583. The summed E-state index contributed by atoms with van der Waals surface area (Å²) in [7, 11) is 3.43. The number of benzene rings is 2. The number of hydrogen-bond acceptors (Lipinski definition) is 6. The minimum absolute atomic E-state index is 0.0464. The number of fused-ring (bicyclic) bond motifs is 1. The van der Waals surface area contributed by atoms with Gasteiger partial charge in [-0.2, -0.15) is 0 Å². The highest BCUT2D eigenvalue weighted by atomic mass is 35.5. The molecule has 1 unspecified atom stereocenters. The van der Waals surface area contributed by atoms with Gasteiger partial charge in [-0.3, -0.25) is 4.79 Å². The van der Waals surface area contributed by atoms with Crippen molar-refractivity contribution in [3.05, 3.63) is 63.5 Å². The molecule has 2 aromatic carbocycles. The van der Waals surface area contributed by atoms with Gasteiger partial charge in [-0.15, -0.1) is 0 Å². The molecule has 1 aromatic heterocycles. The predicted molar refractivity (Wildman–Crippen MR) is 116 cm³/mol. The molecule has 0 radical (unpaired) electrons. The number of methoxy groups -OCH3 is 1. The SMILES string of the molecule is CNc1nc2c(s1)C(c1ccc(OC)c(OCc3ccc(Cl)cc3)c1)CC(=O)N2. The molecule has 3 aromatic rings. The number of aromatic nitrogens is 1. The molecule has 1 amide bonds. The van der Waals surface area contributed by atoms with E-state index in [1.54, 1.807) is 18.4 Å². The van der Waals surface area contributed by atoms with Crippen molar-refractivity contribution in [2.45, 2.75) is 18.9 Å². The minimum Gasteiger partial charge on any atom is -0.493 e. The lowest BCUT2D eigenvalue weighted by Crippen LogP contribution is -2.22. The van der Waals surface area contributed by atoms with Crippen molar-refractivity contribution in [2.24, 2.45) is 0 Å². The number of rotatable bonds is 6. The average molecular weight is 430 g/mol. The normalized spacial score (nSPS) is 15.4. The van der Waals surface area contributed by atoms with Gasteiger partial charge in [0, 0.05) is 24.4 Å². The lowest BCUT2D eigenvalue weighted by atomic mass is 9.91. The zero-order valence-electron chi connectivity index (χ0n) is 16.0. The third-order valence-corrected chi connectivity index (χ3v) is 6.17. The van der Waals surface area contributed by atoms with Crippen molar-refractivity contribution >= 4 is 39.8 Å². The Morgan fingerprint density at radius 2 is 2.03 bits per heavy atom. The van der Waals surface area contributed by atoms with Crippen molar-refractivity contribution in [1.29, 1.82) is 0 Å². The Balaban J connectivity index is 1.63. The third-order valence-electron chi connectivity index (χ3n) is 4.73. The number of nitrogens with one attached hydrogen (secondary N) is 2. The summed E-state index contributed by atoms with van der Waals surface area (Å²) in [6.07, 6.45) is 0.362. The lowest BCUT2D eigenvalue weighted by molar-refractivity contribution is -0.116. The van der Waals surface area contributed by atoms with Crippen molar-refractivity contribution in [1.82, 2.24) is 4.98 Å². The number of carbonyl (C=O) groups excluding carboxylic acids is 1. The average Bonchev–Trinajstić information content (AvgIpc) is 3.15. The van der Waals surface area contributed by atoms with Crippen LogP contribution >= 0.6 is 22.9 Å². The molecule has 0 aliphatic carbocycles. The third kappa shape index (κ3) is 4.16. The summed E-state index contributed by atoms with van der Waals surface area (Å²) in [6.45, 7) is 0.387. The minimum atomic E-state index is -0.0814. The van der Waals surface area contributed by atoms with Crippen LogP contribution in [0.15, 0.2) is 42.5 Å². The Kier molecular flexibility index (Phi) is 5.60. The van der Waals surface area contributed by atoms with E-state index in [9.17, 15) is 4.79 Å². The molecule has 4 rings (SSSR count). The maximum atomic E-state index is 12.2. The van der Waals surface area contributed by atoms with Crippen LogP contribution in [0.2, 0.25) is 5.02 Å². The van der Waals surface area contributed by atoms with Crippen molar-refractivity contribution in [3.8, 4) is 11.5 Å². The van der Waals surface area contributed by atoms with Crippen LogP contribution in [0.4, 0.5) is 10.9 Å². The van der Waals surface area contributed by atoms with E-state index in [0.717, 1.165) is 21.1 Å². The summed E-state index contributed by atoms with van der Waals surface area (Å²) in [4.78, 5) is 17.7. The van der Waals surface area contributed by atoms with E-state index in [4.69, 9.17) is 21.1 Å². The lowest BCUT2D eigenvalue weighted by Gasteiger charge is -2.22. The monoisotopic (exact) mass is 429 g/mol. The first-order chi connectivity index (χ1) is 14.1. The topological polar surface area (TPSA) is 72.5 Å². The van der Waals surface area contributed by atoms with E-state index >= 15 is 0 Å². The van der Waals surface area contributed by atoms with Gasteiger partial charge >= 0.3 is 0 Å². The Labute approximate surface area is 177 Å². The summed E-state index contributed by atoms with van der Waals surface area (Å²) in [5.41, 5.74) is 1.99. The second-order valence-corrected chi connectivity index (χ2v) is 8.08. The number of anilines is 2. The Bertz CT molecular complexity index is 1040. The van der Waals surface area contributed by atoms with Crippen LogP contribution in [0.25, 0.3) is 0 Å². The van der Waals surface area contributed by atoms with Gasteiger partial charge in [0.15, 0.2) is 16.6 Å². The fraction of sp³-hybridized carbons (Fsp3) is 0.238. The molecule has 2 N–H and O–H groups in total. The van der Waals surface area contributed by atoms with Gasteiger partial charge < -0.3 is 20.1 Å². The van der Waals surface area contributed by atoms with Crippen LogP contribution in [0.5, 0.6) is 11.5 Å². The van der Waals surface area contributed by atoms with Gasteiger partial charge in [-0.1, -0.05) is 41.1 Å². The van der Waals surface area contributed by atoms with Crippen molar-refractivity contribution < 1.29 is 14.3 Å². The number of halogens is 1. The first kappa shape index (κ1) is 19.5. The number of hydrogen-bond donors (Lipinski definition) is 2. The molecule has 8 heteroatoms. The molecule has 6 nitrogen and oxygen atoms in total. The van der Waals surface area contributed by atoms with Gasteiger partial charge in [0.25, 0.3) is 0 Å². The van der Waals surface area contributed by atoms with Gasteiger partial charge in [0.05, 0.1) is 12.0 Å². The Hall–Kier alpha value is -2.77. The molecular weight excluding hydrogens is 410 g/mol. The van der Waals surface area contributed by atoms with E-state index in [0.29, 0.717) is 35.4 Å². The van der Waals surface area contributed by atoms with E-state index in [1.165, 1.54) is 0 Å². The Morgan fingerprint density at radius 3 is 2.76 bits per heavy atom. The van der Waals surface area contributed by atoms with Crippen LogP contribution in [0.1, 0.15) is 28.3 Å². The van der Waals surface area contributed by atoms with E-state index in [-0.39, 0.29) is 11.8 Å². The van der Waals surface area contributed by atoms with Crippen molar-refractivity contribution in [2.75, 3.05) is 24.8 Å². The molecule has 0 bridgehead atoms. The van der Waals surface area contributed by atoms with E-state index in [1.807, 2.05) is 49.5 Å². The molecule has 1 atom stereocenters. The smallest absolute Gasteiger partial charge is 0.226 e. The number of carbonyl (C=O) groups is 1. The molecule has 29 heavy (non-hydrogen) atoms. The van der Waals surface area contributed by atoms with Crippen molar-refractivity contribution in [3.63, 3.8) is 0 Å². The molecule has 150 valence electrons. The molecule has 0 spiro atoms. The number of ether oxygens (including phenoxy) is 2. The summed E-state index contributed by atoms with van der Waals surface area (Å²) in [5.74, 6) is 1.77. The molecule has 2 heterocycles. The number of thiazole rings is 1. The summed E-state index contributed by atoms with van der Waals surface area (Å²) in [6, 6.07) is 13.3. The fourth-order valence-corrected chi connectivity index (χ4v) is 4.39. The first-order valence-electron chi connectivity index (χ1n) is 9.11. The largest absolute Gasteiger partial charge is 0.493 e. The molecule has 0 saturated carbocycles. The predicted octanol–water partition coefficient (Wildman–Crippen LogP) is 4.90. The highest BCUT2D eigenvalue weighted by Gasteiger charge is 2.30. The van der Waals surface area contributed by atoms with Crippen LogP contribution in [0, 0.1) is 0 Å². The Morgan fingerprint density at radius 1 is 1.24 bits per heavy atom. The fourth-order valence-electron chi connectivity index (χ4n) is 3.26. The van der Waals surface area contributed by atoms with Crippen LogP contribution in [0.3, 0.4) is 0 Å². The molecule has 1 aliphatic heterocycles. The summed E-state index contributed by atoms with van der Waals surface area (Å²) < 4.78 is 11.5.